The molecule has 4 aliphatic carbocycles. The van der Waals surface area contributed by atoms with Crippen molar-refractivity contribution in [2.24, 2.45) is 23.2 Å². The van der Waals surface area contributed by atoms with E-state index >= 15 is 0 Å². The van der Waals surface area contributed by atoms with E-state index in [1.807, 2.05) is 0 Å². The molecule has 4 fully saturated rings. The van der Waals surface area contributed by atoms with Crippen LogP contribution in [0.5, 0.6) is 0 Å². The van der Waals surface area contributed by atoms with E-state index < -0.39 is 35.2 Å². The van der Waals surface area contributed by atoms with Gasteiger partial charge >= 0.3 is 12.1 Å². The smallest absolute Gasteiger partial charge is 0.408 e. The fourth-order valence-corrected chi connectivity index (χ4v) is 5.36. The van der Waals surface area contributed by atoms with Crippen molar-refractivity contribution in [1.29, 1.82) is 0 Å². The molecule has 0 aromatic rings. The fraction of sp³-hybridized carbons (Fsp3) is 0.882. The largest absolute Gasteiger partial charge is 0.480 e. The molecule has 4 rings (SSSR count). The Morgan fingerprint density at radius 1 is 1.17 bits per heavy atom. The molecule has 0 aliphatic heterocycles. The van der Waals surface area contributed by atoms with Crippen LogP contribution in [-0.2, 0) is 9.53 Å². The Kier molecular flexibility index (Phi) is 3.86. The Morgan fingerprint density at radius 2 is 1.74 bits per heavy atom. The van der Waals surface area contributed by atoms with Crippen molar-refractivity contribution in [3.8, 4) is 0 Å². The third kappa shape index (κ3) is 2.93. The lowest BCUT2D eigenvalue weighted by Gasteiger charge is -2.61. The van der Waals surface area contributed by atoms with Gasteiger partial charge < -0.3 is 20.3 Å². The van der Waals surface area contributed by atoms with Gasteiger partial charge in [-0.25, -0.2) is 9.59 Å². The molecule has 0 aromatic carbocycles. The summed E-state index contributed by atoms with van der Waals surface area (Å²) in [6.45, 7) is 5.21. The summed E-state index contributed by atoms with van der Waals surface area (Å²) < 4.78 is 5.22. The molecule has 0 spiro atoms. The number of carboxylic acid groups (broad SMARTS) is 1. The first-order valence-corrected chi connectivity index (χ1v) is 8.51. The molecule has 6 nitrogen and oxygen atoms in total. The summed E-state index contributed by atoms with van der Waals surface area (Å²) >= 11 is 0. The molecule has 4 aliphatic rings. The molecule has 4 saturated carbocycles. The number of ether oxygens (including phenoxy) is 1. The number of nitrogens with one attached hydrogen (secondary N) is 1. The first-order chi connectivity index (χ1) is 10.6. The second kappa shape index (κ2) is 5.36. The van der Waals surface area contributed by atoms with Gasteiger partial charge in [-0.1, -0.05) is 0 Å². The van der Waals surface area contributed by atoms with Gasteiger partial charge in [-0.3, -0.25) is 0 Å². The minimum atomic E-state index is -1.10. The van der Waals surface area contributed by atoms with Crippen molar-refractivity contribution in [1.82, 2.24) is 5.32 Å². The molecule has 4 bridgehead atoms. The van der Waals surface area contributed by atoms with Crippen LogP contribution in [-0.4, -0.2) is 40.0 Å². The van der Waals surface area contributed by atoms with Gasteiger partial charge in [-0.05, 0) is 70.6 Å². The van der Waals surface area contributed by atoms with Crippen molar-refractivity contribution < 1.29 is 24.5 Å². The van der Waals surface area contributed by atoms with Crippen LogP contribution in [0.4, 0.5) is 4.79 Å². The molecule has 130 valence electrons. The molecule has 0 radical (unpaired) electrons. The highest BCUT2D eigenvalue weighted by Gasteiger charge is 2.61. The van der Waals surface area contributed by atoms with E-state index in [9.17, 15) is 19.8 Å². The van der Waals surface area contributed by atoms with Gasteiger partial charge in [0.25, 0.3) is 0 Å². The first kappa shape index (κ1) is 16.6. The number of hydrogen-bond acceptors (Lipinski definition) is 4. The number of aliphatic hydroxyl groups is 1. The number of aliphatic hydroxyl groups excluding tert-OH is 1. The number of amides is 1. The van der Waals surface area contributed by atoms with E-state index in [1.54, 1.807) is 20.8 Å². The highest BCUT2D eigenvalue weighted by molar-refractivity contribution is 5.81. The number of hydrogen-bond donors (Lipinski definition) is 3. The summed E-state index contributed by atoms with van der Waals surface area (Å²) in [5.41, 5.74) is -1.44. The van der Waals surface area contributed by atoms with E-state index in [0.29, 0.717) is 24.7 Å². The number of aliphatic carboxylic acids is 1. The second-order valence-corrected chi connectivity index (χ2v) is 8.70. The van der Waals surface area contributed by atoms with Crippen LogP contribution in [0.2, 0.25) is 0 Å². The minimum Gasteiger partial charge on any atom is -0.480 e. The minimum absolute atomic E-state index is 0.170. The Labute approximate surface area is 136 Å². The molecule has 0 saturated heterocycles. The van der Waals surface area contributed by atoms with Crippen molar-refractivity contribution in [3.63, 3.8) is 0 Å². The van der Waals surface area contributed by atoms with Gasteiger partial charge in [-0.2, -0.15) is 0 Å². The monoisotopic (exact) mass is 325 g/mol. The lowest BCUT2D eigenvalue weighted by Crippen LogP contribution is -2.66. The molecule has 4 atom stereocenters. The van der Waals surface area contributed by atoms with E-state index in [0.717, 1.165) is 19.3 Å². The van der Waals surface area contributed by atoms with Crippen LogP contribution in [0.25, 0.3) is 0 Å². The Bertz CT molecular complexity index is 498. The summed E-state index contributed by atoms with van der Waals surface area (Å²) in [7, 11) is 0. The van der Waals surface area contributed by atoms with Crippen LogP contribution in [0.1, 0.15) is 52.9 Å². The van der Waals surface area contributed by atoms with Crippen molar-refractivity contribution in [2.45, 2.75) is 70.6 Å². The van der Waals surface area contributed by atoms with Crippen molar-refractivity contribution in [2.75, 3.05) is 0 Å². The molecule has 23 heavy (non-hydrogen) atoms. The van der Waals surface area contributed by atoms with Crippen LogP contribution in [0, 0.1) is 23.2 Å². The third-order valence-corrected chi connectivity index (χ3v) is 5.79. The number of carbonyl (C=O) groups excluding carboxylic acids is 1. The predicted octanol–water partition coefficient (Wildman–Crippen LogP) is 2.15. The van der Waals surface area contributed by atoms with E-state index in [2.05, 4.69) is 5.32 Å². The molecule has 3 unspecified atom stereocenters. The van der Waals surface area contributed by atoms with Gasteiger partial charge in [0.05, 0.1) is 6.10 Å². The maximum Gasteiger partial charge on any atom is 0.408 e. The fourth-order valence-electron chi connectivity index (χ4n) is 5.36. The average Bonchev–Trinajstić information content (AvgIpc) is 2.38. The molecule has 6 heteroatoms. The predicted molar refractivity (Wildman–Crippen MR) is 82.8 cm³/mol. The van der Waals surface area contributed by atoms with Gasteiger partial charge in [0.2, 0.25) is 0 Å². The quantitative estimate of drug-likeness (QED) is 0.739. The second-order valence-electron chi connectivity index (χ2n) is 8.70. The van der Waals surface area contributed by atoms with Crippen molar-refractivity contribution in [3.05, 3.63) is 0 Å². The Hall–Kier alpha value is -1.30. The maximum absolute atomic E-state index is 12.1. The van der Waals surface area contributed by atoms with Gasteiger partial charge in [-0.15, -0.1) is 0 Å². The number of carboxylic acids is 1. The van der Waals surface area contributed by atoms with E-state index in [4.69, 9.17) is 4.74 Å². The zero-order valence-electron chi connectivity index (χ0n) is 14.0. The van der Waals surface area contributed by atoms with Crippen LogP contribution >= 0.6 is 0 Å². The van der Waals surface area contributed by atoms with Crippen LogP contribution in [0.15, 0.2) is 0 Å². The lowest BCUT2D eigenvalue weighted by molar-refractivity contribution is -0.182. The SMILES string of the molecule is CC(C)(C)OC(=O)N[C@H](C(=O)O)C12CC3CC(CC(C3)C1O)C2. The Balaban J connectivity index is 1.83. The zero-order valence-corrected chi connectivity index (χ0v) is 14.0. The standard InChI is InChI=1S/C17H27NO5/c1-16(2,3)23-15(22)18-12(14(20)21)17-7-9-4-10(8-17)6-11(5-9)13(17)19/h9-13,19H,4-8H2,1-3H3,(H,18,22)(H,20,21)/t9?,10?,11?,12-,13?,17?/m1/s1. The van der Waals surface area contributed by atoms with E-state index in [1.165, 1.54) is 0 Å². The molecular weight excluding hydrogens is 298 g/mol. The zero-order chi connectivity index (χ0) is 17.0. The Morgan fingerprint density at radius 3 is 2.22 bits per heavy atom. The normalized spacial score (nSPS) is 39.8. The topological polar surface area (TPSA) is 95.9 Å². The van der Waals surface area contributed by atoms with Gasteiger partial charge in [0.15, 0.2) is 0 Å². The highest BCUT2D eigenvalue weighted by atomic mass is 16.6. The van der Waals surface area contributed by atoms with Crippen molar-refractivity contribution >= 4 is 12.1 Å². The summed E-state index contributed by atoms with van der Waals surface area (Å²) in [5, 5.41) is 23.0. The van der Waals surface area contributed by atoms with Gasteiger partial charge in [0, 0.05) is 5.41 Å². The van der Waals surface area contributed by atoms with Crippen LogP contribution < -0.4 is 5.32 Å². The number of rotatable bonds is 3. The molecule has 3 N–H and O–H groups in total. The number of carbonyl (C=O) groups is 2. The average molecular weight is 325 g/mol. The maximum atomic E-state index is 12.1. The summed E-state index contributed by atoms with van der Waals surface area (Å²) in [4.78, 5) is 24.0. The van der Waals surface area contributed by atoms with Gasteiger partial charge in [0.1, 0.15) is 11.6 Å². The lowest BCUT2D eigenvalue weighted by atomic mass is 9.46. The molecule has 0 aromatic heterocycles. The number of alkyl carbamates (subject to hydrolysis) is 1. The third-order valence-electron chi connectivity index (χ3n) is 5.79. The molecule has 0 heterocycles. The first-order valence-electron chi connectivity index (χ1n) is 8.51. The summed E-state index contributed by atoms with van der Waals surface area (Å²) in [6.07, 6.45) is 3.06. The van der Waals surface area contributed by atoms with Crippen LogP contribution in [0.3, 0.4) is 0 Å². The highest BCUT2D eigenvalue weighted by Crippen LogP contribution is 2.61. The van der Waals surface area contributed by atoms with E-state index in [-0.39, 0.29) is 5.92 Å². The summed E-state index contributed by atoms with van der Waals surface area (Å²) in [6, 6.07) is -1.10. The molecule has 1 amide bonds. The molecular formula is C17H27NO5. The summed E-state index contributed by atoms with van der Waals surface area (Å²) in [5.74, 6) is 0.0248.